The molecular formula is C19H19ClN4O2. The van der Waals surface area contributed by atoms with E-state index in [4.69, 9.17) is 21.1 Å². The van der Waals surface area contributed by atoms with Gasteiger partial charge in [0.05, 0.1) is 19.9 Å². The Morgan fingerprint density at radius 1 is 0.962 bits per heavy atom. The Labute approximate surface area is 157 Å². The number of aromatic nitrogens is 2. The lowest BCUT2D eigenvalue weighted by Crippen LogP contribution is -2.04. The van der Waals surface area contributed by atoms with E-state index >= 15 is 0 Å². The molecule has 0 bridgehead atoms. The number of anilines is 3. The predicted octanol–water partition coefficient (Wildman–Crippen LogP) is 4.50. The van der Waals surface area contributed by atoms with Crippen LogP contribution in [-0.4, -0.2) is 24.2 Å². The zero-order valence-corrected chi connectivity index (χ0v) is 15.2. The Kier molecular flexibility index (Phi) is 5.76. The second-order valence-electron chi connectivity index (χ2n) is 5.42. The zero-order valence-electron chi connectivity index (χ0n) is 14.5. The van der Waals surface area contributed by atoms with Crippen molar-refractivity contribution in [2.24, 2.45) is 0 Å². The van der Waals surface area contributed by atoms with Crippen molar-refractivity contribution >= 4 is 28.9 Å². The number of halogens is 1. The van der Waals surface area contributed by atoms with Crippen LogP contribution >= 0.6 is 11.6 Å². The van der Waals surface area contributed by atoms with Crippen LogP contribution in [0.1, 0.15) is 5.56 Å². The van der Waals surface area contributed by atoms with E-state index in [2.05, 4.69) is 20.6 Å². The lowest BCUT2D eigenvalue weighted by Gasteiger charge is -2.13. The number of nitrogens with zero attached hydrogens (tertiary/aromatic N) is 2. The Balaban J connectivity index is 1.74. The van der Waals surface area contributed by atoms with Gasteiger partial charge in [-0.2, -0.15) is 0 Å². The molecule has 0 aliphatic heterocycles. The minimum atomic E-state index is 0.568. The molecule has 0 saturated carbocycles. The molecule has 0 spiro atoms. The summed E-state index contributed by atoms with van der Waals surface area (Å²) >= 11 is 6.18. The van der Waals surface area contributed by atoms with E-state index in [0.29, 0.717) is 29.0 Å². The van der Waals surface area contributed by atoms with Gasteiger partial charge < -0.3 is 20.1 Å². The molecule has 0 aliphatic rings. The predicted molar refractivity (Wildman–Crippen MR) is 104 cm³/mol. The summed E-state index contributed by atoms with van der Waals surface area (Å²) in [5.74, 6) is 2.73. The van der Waals surface area contributed by atoms with E-state index in [0.717, 1.165) is 17.0 Å². The Morgan fingerprint density at radius 2 is 1.77 bits per heavy atom. The number of hydrogen-bond acceptors (Lipinski definition) is 6. The number of methoxy groups -OCH3 is 2. The van der Waals surface area contributed by atoms with Crippen molar-refractivity contribution in [1.29, 1.82) is 0 Å². The van der Waals surface area contributed by atoms with Crippen molar-refractivity contribution in [2.75, 3.05) is 24.9 Å². The summed E-state index contributed by atoms with van der Waals surface area (Å²) in [4.78, 5) is 8.49. The molecule has 3 aromatic rings. The summed E-state index contributed by atoms with van der Waals surface area (Å²) in [6, 6.07) is 15.0. The largest absolute Gasteiger partial charge is 0.497 e. The maximum absolute atomic E-state index is 6.18. The van der Waals surface area contributed by atoms with E-state index < -0.39 is 0 Å². The second kappa shape index (κ2) is 8.40. The molecule has 7 heteroatoms. The van der Waals surface area contributed by atoms with E-state index in [1.807, 2.05) is 48.5 Å². The van der Waals surface area contributed by atoms with Gasteiger partial charge in [-0.3, -0.25) is 0 Å². The average Bonchev–Trinajstić information content (AvgIpc) is 2.67. The molecule has 0 unspecified atom stereocenters. The minimum Gasteiger partial charge on any atom is -0.497 e. The van der Waals surface area contributed by atoms with Crippen molar-refractivity contribution in [3.05, 3.63) is 65.4 Å². The third-order valence-corrected chi connectivity index (χ3v) is 4.12. The van der Waals surface area contributed by atoms with Gasteiger partial charge in [0.15, 0.2) is 0 Å². The minimum absolute atomic E-state index is 0.568. The number of ether oxygens (including phenoxy) is 2. The standard InChI is InChI=1S/C19H19ClN4O2/c1-25-14-7-8-17(26-2)16(9-14)24-19-10-18(22-12-23-19)21-11-13-5-3-4-6-15(13)20/h3-10,12H,11H2,1-2H3,(H2,21,22,23,24). The third kappa shape index (κ3) is 4.34. The van der Waals surface area contributed by atoms with Crippen molar-refractivity contribution in [3.8, 4) is 11.5 Å². The average molecular weight is 371 g/mol. The van der Waals surface area contributed by atoms with Crippen LogP contribution in [0.15, 0.2) is 54.9 Å². The Bertz CT molecular complexity index is 889. The molecule has 134 valence electrons. The van der Waals surface area contributed by atoms with E-state index in [1.165, 1.54) is 6.33 Å². The lowest BCUT2D eigenvalue weighted by molar-refractivity contribution is 0.405. The Morgan fingerprint density at radius 3 is 2.54 bits per heavy atom. The summed E-state index contributed by atoms with van der Waals surface area (Å²) in [7, 11) is 3.23. The monoisotopic (exact) mass is 370 g/mol. The van der Waals surface area contributed by atoms with Gasteiger partial charge >= 0.3 is 0 Å². The fourth-order valence-electron chi connectivity index (χ4n) is 2.40. The quantitative estimate of drug-likeness (QED) is 0.638. The maximum atomic E-state index is 6.18. The molecule has 2 aromatic carbocycles. The summed E-state index contributed by atoms with van der Waals surface area (Å²) in [6.07, 6.45) is 1.49. The number of hydrogen-bond donors (Lipinski definition) is 2. The highest BCUT2D eigenvalue weighted by Gasteiger charge is 2.07. The molecule has 0 atom stereocenters. The van der Waals surface area contributed by atoms with Crippen LogP contribution in [0.5, 0.6) is 11.5 Å². The summed E-state index contributed by atoms with van der Waals surface area (Å²) < 4.78 is 10.6. The summed E-state index contributed by atoms with van der Waals surface area (Å²) in [6.45, 7) is 0.568. The van der Waals surface area contributed by atoms with Crippen LogP contribution in [0.2, 0.25) is 5.02 Å². The van der Waals surface area contributed by atoms with Crippen LogP contribution in [0.4, 0.5) is 17.3 Å². The normalized spacial score (nSPS) is 10.3. The molecule has 6 nitrogen and oxygen atoms in total. The van der Waals surface area contributed by atoms with Gasteiger partial charge in [-0.15, -0.1) is 0 Å². The number of benzene rings is 2. The SMILES string of the molecule is COc1ccc(OC)c(Nc2cc(NCc3ccccc3Cl)ncn2)c1. The molecule has 1 aromatic heterocycles. The molecule has 1 heterocycles. The molecule has 0 radical (unpaired) electrons. The smallest absolute Gasteiger partial charge is 0.142 e. The summed E-state index contributed by atoms with van der Waals surface area (Å²) in [5.41, 5.74) is 1.75. The second-order valence-corrected chi connectivity index (χ2v) is 5.83. The molecule has 2 N–H and O–H groups in total. The van der Waals surface area contributed by atoms with Crippen LogP contribution < -0.4 is 20.1 Å². The topological polar surface area (TPSA) is 68.3 Å². The van der Waals surface area contributed by atoms with Crippen LogP contribution in [-0.2, 0) is 6.54 Å². The summed E-state index contributed by atoms with van der Waals surface area (Å²) in [5, 5.41) is 7.19. The molecule has 0 saturated heterocycles. The van der Waals surface area contributed by atoms with Gasteiger partial charge in [-0.1, -0.05) is 29.8 Å². The first kappa shape index (κ1) is 17.8. The number of nitrogens with one attached hydrogen (secondary N) is 2. The molecular weight excluding hydrogens is 352 g/mol. The fraction of sp³-hybridized carbons (Fsp3) is 0.158. The van der Waals surface area contributed by atoms with Crippen molar-refractivity contribution in [1.82, 2.24) is 9.97 Å². The molecule has 0 fully saturated rings. The van der Waals surface area contributed by atoms with Gasteiger partial charge in [-0.05, 0) is 23.8 Å². The van der Waals surface area contributed by atoms with Gasteiger partial charge in [0.2, 0.25) is 0 Å². The molecule has 26 heavy (non-hydrogen) atoms. The molecule has 0 aliphatic carbocycles. The van der Waals surface area contributed by atoms with Crippen molar-refractivity contribution < 1.29 is 9.47 Å². The van der Waals surface area contributed by atoms with Crippen LogP contribution in [0.3, 0.4) is 0 Å². The van der Waals surface area contributed by atoms with E-state index in [9.17, 15) is 0 Å². The molecule has 0 amide bonds. The van der Waals surface area contributed by atoms with E-state index in [1.54, 1.807) is 14.2 Å². The third-order valence-electron chi connectivity index (χ3n) is 3.75. The lowest BCUT2D eigenvalue weighted by atomic mass is 10.2. The fourth-order valence-corrected chi connectivity index (χ4v) is 2.60. The zero-order chi connectivity index (χ0) is 18.4. The van der Waals surface area contributed by atoms with Crippen molar-refractivity contribution in [2.45, 2.75) is 6.54 Å². The van der Waals surface area contributed by atoms with Gasteiger partial charge in [0.1, 0.15) is 29.5 Å². The van der Waals surface area contributed by atoms with Gasteiger partial charge in [0, 0.05) is 23.7 Å². The van der Waals surface area contributed by atoms with Crippen LogP contribution in [0.25, 0.3) is 0 Å². The highest BCUT2D eigenvalue weighted by molar-refractivity contribution is 6.31. The highest BCUT2D eigenvalue weighted by Crippen LogP contribution is 2.31. The first-order chi connectivity index (χ1) is 12.7. The first-order valence-electron chi connectivity index (χ1n) is 7.98. The van der Waals surface area contributed by atoms with Gasteiger partial charge in [-0.25, -0.2) is 9.97 Å². The van der Waals surface area contributed by atoms with Crippen molar-refractivity contribution in [3.63, 3.8) is 0 Å². The Hall–Kier alpha value is -2.99. The van der Waals surface area contributed by atoms with Crippen LogP contribution in [0, 0.1) is 0 Å². The molecule has 3 rings (SSSR count). The first-order valence-corrected chi connectivity index (χ1v) is 8.36. The van der Waals surface area contributed by atoms with Gasteiger partial charge in [0.25, 0.3) is 0 Å². The maximum Gasteiger partial charge on any atom is 0.142 e. The van der Waals surface area contributed by atoms with E-state index in [-0.39, 0.29) is 0 Å². The highest BCUT2D eigenvalue weighted by atomic mass is 35.5. The number of rotatable bonds is 7.